The van der Waals surface area contributed by atoms with Crippen LogP contribution in [0.25, 0.3) is 0 Å². The van der Waals surface area contributed by atoms with E-state index >= 15 is 0 Å². The molecular formula is C11H14F3N3OS. The van der Waals surface area contributed by atoms with Gasteiger partial charge in [-0.15, -0.1) is 11.3 Å². The first-order valence-electron chi connectivity index (χ1n) is 5.81. The van der Waals surface area contributed by atoms with E-state index in [-0.39, 0.29) is 34.3 Å². The predicted octanol–water partition coefficient (Wildman–Crippen LogP) is 2.59. The van der Waals surface area contributed by atoms with Gasteiger partial charge in [-0.05, 0) is 25.8 Å². The van der Waals surface area contributed by atoms with Gasteiger partial charge in [0.2, 0.25) is 0 Å². The van der Waals surface area contributed by atoms with E-state index in [1.807, 2.05) is 0 Å². The molecule has 4 N–H and O–H groups in total. The summed E-state index contributed by atoms with van der Waals surface area (Å²) in [7, 11) is 0. The van der Waals surface area contributed by atoms with E-state index in [0.29, 0.717) is 6.54 Å². The molecule has 2 rings (SSSR count). The third-order valence-corrected chi connectivity index (χ3v) is 4.02. The molecule has 1 saturated carbocycles. The highest BCUT2D eigenvalue weighted by atomic mass is 32.1. The minimum absolute atomic E-state index is 0.0464. The van der Waals surface area contributed by atoms with Crippen LogP contribution in [-0.2, 0) is 0 Å². The summed E-state index contributed by atoms with van der Waals surface area (Å²) in [5.74, 6) is -0.366. The summed E-state index contributed by atoms with van der Waals surface area (Å²) in [5, 5.41) is 5.30. The summed E-state index contributed by atoms with van der Waals surface area (Å²) in [4.78, 5) is 11.9. The molecule has 8 heteroatoms. The van der Waals surface area contributed by atoms with E-state index < -0.39 is 11.7 Å². The topological polar surface area (TPSA) is 67.2 Å². The van der Waals surface area contributed by atoms with Gasteiger partial charge < -0.3 is 16.4 Å². The lowest BCUT2D eigenvalue weighted by atomic mass is 10.2. The Bertz CT molecular complexity index is 494. The third-order valence-electron chi connectivity index (χ3n) is 2.96. The lowest BCUT2D eigenvalue weighted by Gasteiger charge is -2.20. The molecule has 0 saturated heterocycles. The zero-order chi connectivity index (χ0) is 14.3. The summed E-state index contributed by atoms with van der Waals surface area (Å²) in [6, 6.07) is 1.38. The SMILES string of the molecule is CCNC(=O)c1sc(NC2(C(F)(F)F)CC2)cc1N. The number of amides is 1. The van der Waals surface area contributed by atoms with Crippen molar-refractivity contribution in [1.29, 1.82) is 0 Å². The van der Waals surface area contributed by atoms with Gasteiger partial charge in [-0.1, -0.05) is 0 Å². The zero-order valence-corrected chi connectivity index (χ0v) is 11.0. The van der Waals surface area contributed by atoms with Gasteiger partial charge in [0.1, 0.15) is 10.4 Å². The van der Waals surface area contributed by atoms with Crippen LogP contribution in [0, 0.1) is 0 Å². The van der Waals surface area contributed by atoms with Gasteiger partial charge in [0.15, 0.2) is 0 Å². The molecule has 1 heterocycles. The molecule has 0 bridgehead atoms. The minimum atomic E-state index is -4.29. The Labute approximate surface area is 112 Å². The Morgan fingerprint density at radius 1 is 1.53 bits per heavy atom. The second-order valence-corrected chi connectivity index (χ2v) is 5.51. The second-order valence-electron chi connectivity index (χ2n) is 4.46. The standard InChI is InChI=1S/C11H14F3N3OS/c1-2-16-9(18)8-6(15)5-7(19-8)17-10(3-4-10)11(12,13)14/h5,17H,2-4,15H2,1H3,(H,16,18). The molecule has 1 aliphatic carbocycles. The molecule has 1 amide bonds. The number of nitrogens with two attached hydrogens (primary N) is 1. The number of nitrogens with one attached hydrogen (secondary N) is 2. The molecule has 0 aliphatic heterocycles. The molecule has 0 unspecified atom stereocenters. The summed E-state index contributed by atoms with van der Waals surface area (Å²) < 4.78 is 38.4. The number of hydrogen-bond donors (Lipinski definition) is 3. The van der Waals surface area contributed by atoms with Gasteiger partial charge in [-0.2, -0.15) is 13.2 Å². The van der Waals surface area contributed by atoms with Crippen LogP contribution in [0.4, 0.5) is 23.9 Å². The number of nitrogen functional groups attached to an aromatic ring is 1. The smallest absolute Gasteiger partial charge is 0.397 e. The Morgan fingerprint density at radius 3 is 2.63 bits per heavy atom. The number of halogens is 3. The van der Waals surface area contributed by atoms with Crippen LogP contribution in [0.5, 0.6) is 0 Å². The number of rotatable bonds is 4. The summed E-state index contributed by atoms with van der Waals surface area (Å²) >= 11 is 0.942. The van der Waals surface area contributed by atoms with Crippen LogP contribution in [0.3, 0.4) is 0 Å². The first-order valence-corrected chi connectivity index (χ1v) is 6.63. The molecule has 0 aromatic carbocycles. The van der Waals surface area contributed by atoms with Crippen LogP contribution in [0.2, 0.25) is 0 Å². The molecule has 0 radical (unpaired) electrons. The van der Waals surface area contributed by atoms with E-state index in [2.05, 4.69) is 10.6 Å². The van der Waals surface area contributed by atoms with Gasteiger partial charge in [0.25, 0.3) is 5.91 Å². The highest BCUT2D eigenvalue weighted by Gasteiger charge is 2.63. The molecule has 106 valence electrons. The summed E-state index contributed by atoms with van der Waals surface area (Å²) in [5.41, 5.74) is 4.00. The number of carbonyl (C=O) groups is 1. The van der Waals surface area contributed by atoms with Crippen LogP contribution >= 0.6 is 11.3 Å². The maximum absolute atomic E-state index is 12.8. The van der Waals surface area contributed by atoms with Gasteiger partial charge in [0, 0.05) is 6.54 Å². The molecule has 19 heavy (non-hydrogen) atoms. The molecule has 4 nitrogen and oxygen atoms in total. The zero-order valence-electron chi connectivity index (χ0n) is 10.2. The fourth-order valence-electron chi connectivity index (χ4n) is 1.73. The lowest BCUT2D eigenvalue weighted by molar-refractivity contribution is -0.151. The van der Waals surface area contributed by atoms with Crippen molar-refractivity contribution in [2.24, 2.45) is 0 Å². The largest absolute Gasteiger partial charge is 0.411 e. The molecule has 1 aromatic heterocycles. The van der Waals surface area contributed by atoms with E-state index in [1.165, 1.54) is 6.07 Å². The van der Waals surface area contributed by atoms with Crippen molar-refractivity contribution in [3.8, 4) is 0 Å². The van der Waals surface area contributed by atoms with Crippen molar-refractivity contribution >= 4 is 27.9 Å². The van der Waals surface area contributed by atoms with E-state index in [4.69, 9.17) is 5.73 Å². The molecular weight excluding hydrogens is 279 g/mol. The number of anilines is 2. The Balaban J connectivity index is 2.15. The maximum atomic E-state index is 12.8. The summed E-state index contributed by atoms with van der Waals surface area (Å²) in [6.45, 7) is 2.19. The number of thiophene rings is 1. The summed E-state index contributed by atoms with van der Waals surface area (Å²) in [6.07, 6.45) is -4.20. The molecule has 1 aliphatic rings. The first kappa shape index (κ1) is 14.0. The normalized spacial score (nSPS) is 17.1. The fourth-order valence-corrected chi connectivity index (χ4v) is 2.72. The van der Waals surface area contributed by atoms with Crippen molar-refractivity contribution in [3.63, 3.8) is 0 Å². The van der Waals surface area contributed by atoms with Crippen LogP contribution in [0.15, 0.2) is 6.07 Å². The monoisotopic (exact) mass is 293 g/mol. The molecule has 0 atom stereocenters. The van der Waals surface area contributed by atoms with Crippen molar-refractivity contribution in [2.45, 2.75) is 31.5 Å². The van der Waals surface area contributed by atoms with E-state index in [0.717, 1.165) is 11.3 Å². The quantitative estimate of drug-likeness (QED) is 0.799. The molecule has 1 fully saturated rings. The van der Waals surface area contributed by atoms with E-state index in [1.54, 1.807) is 6.92 Å². The highest BCUT2D eigenvalue weighted by molar-refractivity contribution is 7.18. The highest BCUT2D eigenvalue weighted by Crippen LogP contribution is 2.52. The fraction of sp³-hybridized carbons (Fsp3) is 0.545. The lowest BCUT2D eigenvalue weighted by Crippen LogP contribution is -2.38. The number of alkyl halides is 3. The third kappa shape index (κ3) is 2.63. The van der Waals surface area contributed by atoms with Crippen molar-refractivity contribution in [3.05, 3.63) is 10.9 Å². The number of carbonyl (C=O) groups excluding carboxylic acids is 1. The first-order chi connectivity index (χ1) is 8.79. The predicted molar refractivity (Wildman–Crippen MR) is 68.4 cm³/mol. The van der Waals surface area contributed by atoms with Crippen molar-refractivity contribution in [2.75, 3.05) is 17.6 Å². The van der Waals surface area contributed by atoms with Crippen LogP contribution in [-0.4, -0.2) is 24.2 Å². The van der Waals surface area contributed by atoms with Gasteiger partial charge in [-0.3, -0.25) is 4.79 Å². The van der Waals surface area contributed by atoms with Gasteiger partial charge in [0.05, 0.1) is 10.7 Å². The Hall–Kier alpha value is -1.44. The molecule has 1 aromatic rings. The van der Waals surface area contributed by atoms with Crippen molar-refractivity contribution in [1.82, 2.24) is 5.32 Å². The van der Waals surface area contributed by atoms with Gasteiger partial charge >= 0.3 is 6.18 Å². The van der Waals surface area contributed by atoms with Crippen LogP contribution in [0.1, 0.15) is 29.4 Å². The Kier molecular flexibility index (Phi) is 3.38. The second kappa shape index (κ2) is 4.59. The average Bonchev–Trinajstić information content (AvgIpc) is 2.97. The molecule has 0 spiro atoms. The minimum Gasteiger partial charge on any atom is -0.397 e. The van der Waals surface area contributed by atoms with Gasteiger partial charge in [-0.25, -0.2) is 0 Å². The number of hydrogen-bond acceptors (Lipinski definition) is 4. The van der Waals surface area contributed by atoms with Crippen LogP contribution < -0.4 is 16.4 Å². The van der Waals surface area contributed by atoms with Crippen molar-refractivity contribution < 1.29 is 18.0 Å². The maximum Gasteiger partial charge on any atom is 0.411 e. The van der Waals surface area contributed by atoms with E-state index in [9.17, 15) is 18.0 Å². The Morgan fingerprint density at radius 2 is 2.16 bits per heavy atom. The average molecular weight is 293 g/mol.